The molecule has 4 heteroatoms. The summed E-state index contributed by atoms with van der Waals surface area (Å²) in [6.07, 6.45) is 3.19. The van der Waals surface area contributed by atoms with Crippen molar-refractivity contribution in [1.29, 1.82) is 0 Å². The van der Waals surface area contributed by atoms with Gasteiger partial charge in [0.1, 0.15) is 5.76 Å². The van der Waals surface area contributed by atoms with Gasteiger partial charge in [0.2, 0.25) is 0 Å². The summed E-state index contributed by atoms with van der Waals surface area (Å²) in [4.78, 5) is 17.7. The van der Waals surface area contributed by atoms with Crippen LogP contribution < -0.4 is 4.90 Å². The minimum Gasteiger partial charge on any atom is -0.456 e. The molecule has 1 saturated heterocycles. The number of rotatable bonds is 2. The number of para-hydroxylation sites is 1. The Balaban J connectivity index is 1.74. The van der Waals surface area contributed by atoms with E-state index in [2.05, 4.69) is 23.1 Å². The van der Waals surface area contributed by atoms with E-state index in [1.165, 1.54) is 12.0 Å². The van der Waals surface area contributed by atoms with Gasteiger partial charge < -0.3 is 9.32 Å². The molecule has 4 nitrogen and oxygen atoms in total. The highest BCUT2D eigenvalue weighted by Gasteiger charge is 2.35. The molecule has 2 aliphatic rings. The van der Waals surface area contributed by atoms with E-state index in [9.17, 15) is 4.79 Å². The largest absolute Gasteiger partial charge is 0.456 e. The molecule has 4 rings (SSSR count). The minimum absolute atomic E-state index is 0.00611. The van der Waals surface area contributed by atoms with E-state index < -0.39 is 0 Å². The Hall–Kier alpha value is -2.07. The van der Waals surface area contributed by atoms with Crippen LogP contribution in [0, 0.1) is 6.92 Å². The van der Waals surface area contributed by atoms with Crippen molar-refractivity contribution in [3.63, 3.8) is 0 Å². The summed E-state index contributed by atoms with van der Waals surface area (Å²) in [6, 6.07) is 10.7. The Morgan fingerprint density at radius 2 is 2.17 bits per heavy atom. The number of carbonyl (C=O) groups excluding carboxylic acids is 1. The molecule has 24 heavy (non-hydrogen) atoms. The number of nitrogens with zero attached hydrogens (tertiary/aromatic N) is 2. The lowest BCUT2D eigenvalue weighted by atomic mass is 10.1. The van der Waals surface area contributed by atoms with Crippen LogP contribution in [0.5, 0.6) is 0 Å². The predicted molar refractivity (Wildman–Crippen MR) is 94.4 cm³/mol. The first kappa shape index (κ1) is 15.5. The second-order valence-electron chi connectivity index (χ2n) is 6.89. The third-order valence-electron chi connectivity index (χ3n) is 5.30. The zero-order valence-corrected chi connectivity index (χ0v) is 14.4. The van der Waals surface area contributed by atoms with Gasteiger partial charge in [0, 0.05) is 36.8 Å². The van der Waals surface area contributed by atoms with E-state index in [-0.39, 0.29) is 5.91 Å². The molecule has 0 N–H and O–H groups in total. The summed E-state index contributed by atoms with van der Waals surface area (Å²) in [5, 5.41) is 0. The number of aryl methyl sites for hydroxylation is 2. The Morgan fingerprint density at radius 3 is 2.96 bits per heavy atom. The van der Waals surface area contributed by atoms with Gasteiger partial charge in [-0.15, -0.1) is 0 Å². The third kappa shape index (κ3) is 2.55. The monoisotopic (exact) mass is 324 g/mol. The molecule has 1 amide bonds. The first-order chi connectivity index (χ1) is 11.7. The van der Waals surface area contributed by atoms with Crippen LogP contribution in [-0.2, 0) is 13.0 Å². The molecule has 1 aromatic carbocycles. The zero-order chi connectivity index (χ0) is 16.7. The van der Waals surface area contributed by atoms with E-state index in [0.29, 0.717) is 11.8 Å². The Morgan fingerprint density at radius 1 is 1.33 bits per heavy atom. The molecule has 0 aliphatic carbocycles. The fraction of sp³-hybridized carbons (Fsp3) is 0.450. The zero-order valence-electron chi connectivity index (χ0n) is 14.4. The average molecular weight is 324 g/mol. The number of carbonyl (C=O) groups is 1. The second kappa shape index (κ2) is 6.10. The van der Waals surface area contributed by atoms with Crippen LogP contribution in [0.4, 0.5) is 5.69 Å². The summed E-state index contributed by atoms with van der Waals surface area (Å²) in [5.41, 5.74) is 3.20. The van der Waals surface area contributed by atoms with Crippen molar-refractivity contribution in [2.45, 2.75) is 45.7 Å². The molecular weight excluding hydrogens is 300 g/mol. The van der Waals surface area contributed by atoms with Crippen LogP contribution >= 0.6 is 0 Å². The molecule has 3 heterocycles. The average Bonchev–Trinajstić information content (AvgIpc) is 3.15. The van der Waals surface area contributed by atoms with E-state index in [4.69, 9.17) is 4.42 Å². The lowest BCUT2D eigenvalue weighted by Crippen LogP contribution is -2.40. The summed E-state index contributed by atoms with van der Waals surface area (Å²) in [6.45, 7) is 6.81. The van der Waals surface area contributed by atoms with Gasteiger partial charge in [-0.3, -0.25) is 9.69 Å². The highest BCUT2D eigenvalue weighted by molar-refractivity contribution is 6.05. The van der Waals surface area contributed by atoms with Gasteiger partial charge in [0.15, 0.2) is 5.76 Å². The highest BCUT2D eigenvalue weighted by atomic mass is 16.4. The van der Waals surface area contributed by atoms with E-state index in [0.717, 1.165) is 49.5 Å². The maximum atomic E-state index is 13.3. The molecule has 1 atom stereocenters. The van der Waals surface area contributed by atoms with Gasteiger partial charge >= 0.3 is 0 Å². The molecule has 1 aromatic heterocycles. The number of hydrogen-bond donors (Lipinski definition) is 0. The number of fused-ring (bicyclic) bond motifs is 2. The minimum atomic E-state index is -0.00611. The van der Waals surface area contributed by atoms with Crippen molar-refractivity contribution in [3.05, 3.63) is 53.0 Å². The molecule has 0 radical (unpaired) electrons. The smallest absolute Gasteiger partial charge is 0.294 e. The number of benzene rings is 1. The van der Waals surface area contributed by atoms with E-state index in [1.807, 2.05) is 30.9 Å². The van der Waals surface area contributed by atoms with Crippen molar-refractivity contribution in [3.8, 4) is 0 Å². The number of furan rings is 1. The maximum absolute atomic E-state index is 13.3. The van der Waals surface area contributed by atoms with Gasteiger partial charge in [0.25, 0.3) is 5.91 Å². The molecule has 2 aromatic rings. The lowest BCUT2D eigenvalue weighted by Gasteiger charge is -2.26. The van der Waals surface area contributed by atoms with Gasteiger partial charge in [-0.1, -0.05) is 25.1 Å². The van der Waals surface area contributed by atoms with Crippen molar-refractivity contribution < 1.29 is 9.21 Å². The molecule has 0 bridgehead atoms. The topological polar surface area (TPSA) is 36.7 Å². The first-order valence-electron chi connectivity index (χ1n) is 8.90. The number of anilines is 1. The van der Waals surface area contributed by atoms with Crippen LogP contribution in [-0.4, -0.2) is 29.9 Å². The van der Waals surface area contributed by atoms with Crippen molar-refractivity contribution in [2.75, 3.05) is 18.0 Å². The van der Waals surface area contributed by atoms with Gasteiger partial charge in [-0.05, 0) is 44.0 Å². The molecule has 0 spiro atoms. The van der Waals surface area contributed by atoms with E-state index >= 15 is 0 Å². The molecular formula is C20H24N2O2. The van der Waals surface area contributed by atoms with Crippen molar-refractivity contribution in [1.82, 2.24) is 4.90 Å². The normalized spacial score (nSPS) is 20.6. The molecule has 2 aliphatic heterocycles. The maximum Gasteiger partial charge on any atom is 0.294 e. The third-order valence-corrected chi connectivity index (χ3v) is 5.30. The highest BCUT2D eigenvalue weighted by Crippen LogP contribution is 2.33. The SMILES string of the molecule is CCc1cc(C)c(C(=O)N2CC3CCCN3Cc3ccccc32)o1. The standard InChI is InChI=1S/C20H24N2O2/c1-3-17-11-14(2)19(24-17)20(23)22-13-16-8-6-10-21(16)12-15-7-4-5-9-18(15)22/h4-5,7,9,11,16H,3,6,8,10,12-13H2,1-2H3. The Labute approximate surface area is 143 Å². The molecule has 126 valence electrons. The second-order valence-corrected chi connectivity index (χ2v) is 6.89. The molecule has 1 fully saturated rings. The van der Waals surface area contributed by atoms with Crippen LogP contribution in [0.2, 0.25) is 0 Å². The van der Waals surface area contributed by atoms with Gasteiger partial charge in [-0.25, -0.2) is 0 Å². The number of amides is 1. The molecule has 1 unspecified atom stereocenters. The van der Waals surface area contributed by atoms with Crippen LogP contribution in [0.25, 0.3) is 0 Å². The Kier molecular flexibility index (Phi) is 3.93. The first-order valence-corrected chi connectivity index (χ1v) is 8.90. The van der Waals surface area contributed by atoms with Crippen LogP contribution in [0.1, 0.15) is 47.2 Å². The summed E-state index contributed by atoms with van der Waals surface area (Å²) in [7, 11) is 0. The summed E-state index contributed by atoms with van der Waals surface area (Å²) in [5.74, 6) is 1.36. The van der Waals surface area contributed by atoms with Crippen LogP contribution in [0.3, 0.4) is 0 Å². The fourth-order valence-electron chi connectivity index (χ4n) is 4.00. The van der Waals surface area contributed by atoms with Crippen molar-refractivity contribution in [2.24, 2.45) is 0 Å². The summed E-state index contributed by atoms with van der Waals surface area (Å²) < 4.78 is 5.84. The number of hydrogen-bond acceptors (Lipinski definition) is 3. The van der Waals surface area contributed by atoms with Gasteiger partial charge in [0.05, 0.1) is 0 Å². The van der Waals surface area contributed by atoms with Crippen LogP contribution in [0.15, 0.2) is 34.7 Å². The quantitative estimate of drug-likeness (QED) is 0.843. The Bertz CT molecular complexity index is 765. The lowest BCUT2D eigenvalue weighted by molar-refractivity contribution is 0.0951. The van der Waals surface area contributed by atoms with Crippen molar-refractivity contribution >= 4 is 11.6 Å². The fourth-order valence-corrected chi connectivity index (χ4v) is 4.00. The molecule has 0 saturated carbocycles. The predicted octanol–water partition coefficient (Wildman–Crippen LogP) is 3.78. The van der Waals surface area contributed by atoms with E-state index in [1.54, 1.807) is 0 Å². The summed E-state index contributed by atoms with van der Waals surface area (Å²) >= 11 is 0. The van der Waals surface area contributed by atoms with Gasteiger partial charge in [-0.2, -0.15) is 0 Å².